The topological polar surface area (TPSA) is 7.76 Å². The maximum atomic E-state index is 2.33. The summed E-state index contributed by atoms with van der Waals surface area (Å²) in [5.41, 5.74) is 2.60. The molecule has 5 aliphatic rings. The average molecular weight is 655 g/mol. The standard InChI is InChI=1S/C28H34N2S8/c1-31-23-25-33-19-7-3-5-13-29-15-9-21(10-16-29)22-11-17-30(18-12-22)14-6-4-8-20-34-26-24(32-2)36-28(38-26)27(35-23)37-25/h9-12,15-18H,3-8,13-14,19-20H2,1-2H3/q+2/b28-27-. The van der Waals surface area contributed by atoms with Gasteiger partial charge in [-0.05, 0) is 60.8 Å². The van der Waals surface area contributed by atoms with Crippen molar-refractivity contribution in [2.24, 2.45) is 0 Å². The molecule has 10 heteroatoms. The van der Waals surface area contributed by atoms with E-state index in [-0.39, 0.29) is 0 Å². The lowest BCUT2D eigenvalue weighted by Crippen LogP contribution is -2.33. The van der Waals surface area contributed by atoms with Crippen LogP contribution in [0, 0.1) is 0 Å². The lowest BCUT2D eigenvalue weighted by Gasteiger charge is -2.05. The molecule has 0 atom stereocenters. The molecule has 0 radical (unpaired) electrons. The van der Waals surface area contributed by atoms with E-state index >= 15 is 0 Å². The first kappa shape index (κ1) is 29.8. The van der Waals surface area contributed by atoms with E-state index in [0.29, 0.717) is 0 Å². The highest BCUT2D eigenvalue weighted by molar-refractivity contribution is 8.45. The van der Waals surface area contributed by atoms with Gasteiger partial charge in [-0.3, -0.25) is 0 Å². The average Bonchev–Trinajstić information content (AvgIpc) is 3.56. The SMILES string of the molecule is CSC1=C2SCCCCC[n+]3ccc(cc3)-c3cc[n+](cc3)CCCCCSC3=C(SC)S/C(=C(\S1)S2)S3. The molecule has 202 valence electrons. The second-order valence-corrected chi connectivity index (χ2v) is 18.5. The van der Waals surface area contributed by atoms with Crippen LogP contribution in [0.1, 0.15) is 38.5 Å². The van der Waals surface area contributed by atoms with E-state index in [4.69, 9.17) is 0 Å². The van der Waals surface area contributed by atoms with E-state index in [9.17, 15) is 0 Å². The normalized spacial score (nSPS) is 22.1. The smallest absolute Gasteiger partial charge is 0.169 e. The van der Waals surface area contributed by atoms with Crippen molar-refractivity contribution in [2.45, 2.75) is 51.6 Å². The molecule has 0 amide bonds. The van der Waals surface area contributed by atoms with Crippen LogP contribution >= 0.6 is 94.1 Å². The molecule has 2 aromatic heterocycles. The van der Waals surface area contributed by atoms with Gasteiger partial charge >= 0.3 is 0 Å². The Morgan fingerprint density at radius 3 is 1.34 bits per heavy atom. The van der Waals surface area contributed by atoms with E-state index in [0.717, 1.165) is 13.1 Å². The molecule has 0 unspecified atom stereocenters. The van der Waals surface area contributed by atoms with Crippen molar-refractivity contribution in [3.63, 3.8) is 0 Å². The molecular formula is C28H34N2S8+2. The summed E-state index contributed by atoms with van der Waals surface area (Å²) in [6.07, 6.45) is 21.0. The lowest BCUT2D eigenvalue weighted by molar-refractivity contribution is -0.697. The van der Waals surface area contributed by atoms with Crippen molar-refractivity contribution in [3.8, 4) is 11.1 Å². The largest absolute Gasteiger partial charge is 0.205 e. The molecule has 38 heavy (non-hydrogen) atoms. The minimum absolute atomic E-state index is 1.10. The lowest BCUT2D eigenvalue weighted by atomic mass is 10.1. The van der Waals surface area contributed by atoms with Crippen LogP contribution in [-0.2, 0) is 13.1 Å². The van der Waals surface area contributed by atoms with Crippen molar-refractivity contribution in [1.29, 1.82) is 0 Å². The number of thioether (sulfide) groups is 8. The Balaban J connectivity index is 1.25. The zero-order valence-electron chi connectivity index (χ0n) is 21.9. The van der Waals surface area contributed by atoms with Gasteiger partial charge in [0.15, 0.2) is 24.8 Å². The third-order valence-corrected chi connectivity index (χ3v) is 17.8. The van der Waals surface area contributed by atoms with Crippen molar-refractivity contribution in [2.75, 3.05) is 24.0 Å². The molecule has 0 saturated carbocycles. The van der Waals surface area contributed by atoms with Gasteiger partial charge in [0, 0.05) is 37.1 Å². The quantitative estimate of drug-likeness (QED) is 0.292. The molecule has 0 aromatic carbocycles. The van der Waals surface area contributed by atoms with Gasteiger partial charge in [0.25, 0.3) is 0 Å². The summed E-state index contributed by atoms with van der Waals surface area (Å²) < 4.78 is 13.7. The van der Waals surface area contributed by atoms with Gasteiger partial charge in [-0.1, -0.05) is 47.0 Å². The maximum Gasteiger partial charge on any atom is 0.169 e. The number of hydrogen-bond donors (Lipinski definition) is 0. The van der Waals surface area contributed by atoms with Gasteiger partial charge in [-0.15, -0.1) is 47.0 Å². The summed E-state index contributed by atoms with van der Waals surface area (Å²) in [5, 5.41) is 0. The Morgan fingerprint density at radius 2 is 0.947 bits per heavy atom. The molecule has 5 aliphatic heterocycles. The number of aryl methyl sites for hydroxylation is 2. The number of nitrogens with zero attached hydrogens (tertiary/aromatic N) is 2. The van der Waals surface area contributed by atoms with Gasteiger partial charge < -0.3 is 0 Å². The zero-order valence-corrected chi connectivity index (χ0v) is 28.4. The fourth-order valence-corrected chi connectivity index (χ4v) is 15.5. The van der Waals surface area contributed by atoms with Crippen LogP contribution < -0.4 is 9.13 Å². The molecule has 0 fully saturated rings. The van der Waals surface area contributed by atoms with Crippen LogP contribution in [0.5, 0.6) is 0 Å². The Morgan fingerprint density at radius 1 is 0.526 bits per heavy atom. The second kappa shape index (κ2) is 15.5. The highest BCUT2D eigenvalue weighted by Crippen LogP contribution is 2.65. The predicted octanol–water partition coefficient (Wildman–Crippen LogP) is 9.81. The molecule has 8 bridgehead atoms. The Labute approximate surface area is 262 Å². The van der Waals surface area contributed by atoms with Crippen LogP contribution in [-0.4, -0.2) is 24.0 Å². The number of hydrogen-bond acceptors (Lipinski definition) is 8. The number of aromatic nitrogens is 2. The minimum atomic E-state index is 1.10. The molecule has 2 aromatic rings. The van der Waals surface area contributed by atoms with Crippen LogP contribution in [0.4, 0.5) is 0 Å². The van der Waals surface area contributed by atoms with Gasteiger partial charge in [0.1, 0.15) is 13.1 Å². The summed E-state index contributed by atoms with van der Waals surface area (Å²) >= 11 is 16.0. The molecule has 7 heterocycles. The van der Waals surface area contributed by atoms with E-state index in [1.807, 2.05) is 70.6 Å². The van der Waals surface area contributed by atoms with Crippen LogP contribution in [0.2, 0.25) is 0 Å². The molecule has 0 saturated heterocycles. The minimum Gasteiger partial charge on any atom is -0.205 e. The predicted molar refractivity (Wildman–Crippen MR) is 183 cm³/mol. The molecule has 0 aliphatic carbocycles. The zero-order chi connectivity index (χ0) is 26.2. The van der Waals surface area contributed by atoms with Crippen molar-refractivity contribution < 1.29 is 9.13 Å². The first-order valence-electron chi connectivity index (χ1n) is 13.0. The Hall–Kier alpha value is 0.320. The summed E-state index contributed by atoms with van der Waals surface area (Å²) in [7, 11) is 0. The first-order chi connectivity index (χ1) is 18.7. The van der Waals surface area contributed by atoms with E-state index in [1.165, 1.54) is 86.6 Å². The Bertz CT molecular complexity index is 1090. The van der Waals surface area contributed by atoms with E-state index in [2.05, 4.69) is 94.2 Å². The molecule has 2 nitrogen and oxygen atoms in total. The first-order valence-corrected chi connectivity index (χ1v) is 20.7. The highest BCUT2D eigenvalue weighted by Gasteiger charge is 2.30. The summed E-state index contributed by atoms with van der Waals surface area (Å²) in [6, 6.07) is 9.04. The summed E-state index contributed by atoms with van der Waals surface area (Å²) in [6.45, 7) is 2.19. The fourth-order valence-electron chi connectivity index (χ4n) is 4.21. The van der Waals surface area contributed by atoms with Gasteiger partial charge in [-0.25, -0.2) is 9.13 Å². The van der Waals surface area contributed by atoms with Crippen molar-refractivity contribution >= 4 is 94.1 Å². The van der Waals surface area contributed by atoms with Crippen molar-refractivity contribution in [3.05, 3.63) is 74.5 Å². The van der Waals surface area contributed by atoms with Crippen LogP contribution in [0.25, 0.3) is 11.1 Å². The van der Waals surface area contributed by atoms with Gasteiger partial charge in [0.2, 0.25) is 0 Å². The summed E-state index contributed by atoms with van der Waals surface area (Å²) in [5.74, 6) is 2.42. The number of pyridine rings is 2. The van der Waals surface area contributed by atoms with Gasteiger partial charge in [0.05, 0.1) is 25.4 Å². The van der Waals surface area contributed by atoms with Crippen LogP contribution in [0.3, 0.4) is 0 Å². The van der Waals surface area contributed by atoms with E-state index < -0.39 is 0 Å². The third kappa shape index (κ3) is 8.20. The molecule has 0 spiro atoms. The van der Waals surface area contributed by atoms with Crippen LogP contribution in [0.15, 0.2) is 74.5 Å². The molecule has 0 N–H and O–H groups in total. The monoisotopic (exact) mass is 654 g/mol. The molecular weight excluding hydrogens is 621 g/mol. The number of rotatable bonds is 2. The highest BCUT2D eigenvalue weighted by atomic mass is 32.3. The van der Waals surface area contributed by atoms with Crippen molar-refractivity contribution in [1.82, 2.24) is 0 Å². The summed E-state index contributed by atoms with van der Waals surface area (Å²) in [4.78, 5) is 0. The fraction of sp³-hybridized carbons (Fsp3) is 0.429. The van der Waals surface area contributed by atoms with Gasteiger partial charge in [-0.2, -0.15) is 0 Å². The maximum absolute atomic E-state index is 2.33. The number of fused-ring (bicyclic) bond motifs is 2. The Kier molecular flexibility index (Phi) is 12.2. The second-order valence-electron chi connectivity index (χ2n) is 9.01. The molecule has 7 rings (SSSR count). The van der Waals surface area contributed by atoms with E-state index in [1.54, 1.807) is 0 Å². The third-order valence-electron chi connectivity index (χ3n) is 6.32.